The molecule has 0 fully saturated rings. The van der Waals surface area contributed by atoms with Gasteiger partial charge in [-0.3, -0.25) is 0 Å². The van der Waals surface area contributed by atoms with Gasteiger partial charge in [0.05, 0.1) is 6.61 Å². The van der Waals surface area contributed by atoms with Gasteiger partial charge in [-0.25, -0.2) is 9.36 Å². The number of aromatic nitrogens is 1. The van der Waals surface area contributed by atoms with E-state index in [1.165, 1.54) is 19.3 Å². The van der Waals surface area contributed by atoms with Crippen molar-refractivity contribution in [2.24, 2.45) is 0 Å². The number of hydrogen-bond donors (Lipinski definition) is 1. The molecule has 2 aromatic rings. The largest absolute Gasteiger partial charge is 0.464 e. The summed E-state index contributed by atoms with van der Waals surface area (Å²) in [6.07, 6.45) is 10.1. The third-order valence-electron chi connectivity index (χ3n) is 4.38. The SMILES string of the molecule is O=C(OCCCCCCCC[n+]1ccccc1)[C@H](O)Cc1ccccc1. The highest BCUT2D eigenvalue weighted by molar-refractivity contribution is 5.74. The first-order valence-electron chi connectivity index (χ1n) is 9.58. The maximum atomic E-state index is 11.8. The first-order chi connectivity index (χ1) is 12.8. The highest BCUT2D eigenvalue weighted by atomic mass is 16.5. The number of aryl methyl sites for hydroxylation is 1. The van der Waals surface area contributed by atoms with Crippen LogP contribution in [0.1, 0.15) is 44.1 Å². The predicted octanol–water partition coefficient (Wildman–Crippen LogP) is 3.46. The summed E-state index contributed by atoms with van der Waals surface area (Å²) in [5.74, 6) is -0.520. The van der Waals surface area contributed by atoms with Crippen molar-refractivity contribution in [3.63, 3.8) is 0 Å². The third-order valence-corrected chi connectivity index (χ3v) is 4.38. The van der Waals surface area contributed by atoms with Crippen molar-refractivity contribution in [3.05, 3.63) is 66.5 Å². The lowest BCUT2D eigenvalue weighted by Crippen LogP contribution is -2.32. The topological polar surface area (TPSA) is 50.4 Å². The van der Waals surface area contributed by atoms with Crippen LogP contribution in [0, 0.1) is 0 Å². The number of nitrogens with zero attached hydrogens (tertiary/aromatic N) is 1. The fraction of sp³-hybridized carbons (Fsp3) is 0.455. The summed E-state index contributed by atoms with van der Waals surface area (Å²) in [5.41, 5.74) is 0.936. The van der Waals surface area contributed by atoms with E-state index in [1.807, 2.05) is 36.4 Å². The van der Waals surface area contributed by atoms with Crippen LogP contribution in [-0.4, -0.2) is 23.8 Å². The standard InChI is InChI=1S/C22H30NO3/c24-21(19-20-13-7-5-8-14-20)22(25)26-18-12-4-2-1-3-9-15-23-16-10-6-11-17-23/h5-8,10-11,13-14,16-17,21,24H,1-4,9,12,15,18-19H2/q+1/t21-/m1/s1. The highest BCUT2D eigenvalue weighted by Gasteiger charge is 2.16. The molecule has 4 heteroatoms. The number of rotatable bonds is 12. The van der Waals surface area contributed by atoms with Crippen molar-refractivity contribution >= 4 is 5.97 Å². The molecule has 4 nitrogen and oxygen atoms in total. The van der Waals surface area contributed by atoms with Gasteiger partial charge in [0, 0.05) is 25.0 Å². The van der Waals surface area contributed by atoms with Crippen molar-refractivity contribution in [2.75, 3.05) is 6.61 Å². The Kier molecular flexibility index (Phi) is 9.44. The van der Waals surface area contributed by atoms with Gasteiger partial charge in [0.2, 0.25) is 0 Å². The summed E-state index contributed by atoms with van der Waals surface area (Å²) >= 11 is 0. The zero-order chi connectivity index (χ0) is 18.5. The minimum absolute atomic E-state index is 0.305. The molecule has 0 aliphatic heterocycles. The molecular weight excluding hydrogens is 326 g/mol. The molecule has 0 radical (unpaired) electrons. The van der Waals surface area contributed by atoms with E-state index in [0.717, 1.165) is 31.4 Å². The molecule has 1 aromatic carbocycles. The van der Waals surface area contributed by atoms with Crippen LogP contribution in [0.4, 0.5) is 0 Å². The Morgan fingerprint density at radius 3 is 2.23 bits per heavy atom. The summed E-state index contributed by atoms with van der Waals surface area (Å²) in [5, 5.41) is 9.89. The first-order valence-corrected chi connectivity index (χ1v) is 9.58. The molecule has 1 heterocycles. The van der Waals surface area contributed by atoms with Crippen LogP contribution < -0.4 is 4.57 Å². The molecule has 0 amide bonds. The van der Waals surface area contributed by atoms with Crippen LogP contribution in [0.2, 0.25) is 0 Å². The molecule has 0 spiro atoms. The van der Waals surface area contributed by atoms with Gasteiger partial charge in [0.25, 0.3) is 0 Å². The zero-order valence-corrected chi connectivity index (χ0v) is 15.4. The average Bonchev–Trinajstić information content (AvgIpc) is 2.68. The first kappa shape index (κ1) is 20.1. The van der Waals surface area contributed by atoms with Gasteiger partial charge in [-0.1, -0.05) is 55.7 Å². The van der Waals surface area contributed by atoms with E-state index >= 15 is 0 Å². The molecule has 0 aliphatic carbocycles. The molecular formula is C22H30NO3+. The van der Waals surface area contributed by atoms with Gasteiger partial charge in [-0.15, -0.1) is 0 Å². The van der Waals surface area contributed by atoms with Crippen LogP contribution in [0.15, 0.2) is 60.9 Å². The Bertz CT molecular complexity index is 616. The Morgan fingerprint density at radius 1 is 0.885 bits per heavy atom. The van der Waals surface area contributed by atoms with Crippen molar-refractivity contribution < 1.29 is 19.2 Å². The number of carbonyl (C=O) groups excluding carboxylic acids is 1. The van der Waals surface area contributed by atoms with E-state index in [1.54, 1.807) is 0 Å². The number of unbranched alkanes of at least 4 members (excludes halogenated alkanes) is 5. The summed E-state index contributed by atoms with van der Waals surface area (Å²) < 4.78 is 7.38. The maximum absolute atomic E-state index is 11.8. The van der Waals surface area contributed by atoms with Crippen molar-refractivity contribution in [1.29, 1.82) is 0 Å². The lowest BCUT2D eigenvalue weighted by molar-refractivity contribution is -0.697. The second kappa shape index (κ2) is 12.2. The number of hydrogen-bond acceptors (Lipinski definition) is 3. The quantitative estimate of drug-likeness (QED) is 0.360. The van der Waals surface area contributed by atoms with Crippen molar-refractivity contribution in [3.8, 4) is 0 Å². The van der Waals surface area contributed by atoms with Gasteiger partial charge in [-0.05, 0) is 18.4 Å². The van der Waals surface area contributed by atoms with Crippen LogP contribution in [0.3, 0.4) is 0 Å². The lowest BCUT2D eigenvalue weighted by Gasteiger charge is -2.10. The maximum Gasteiger partial charge on any atom is 0.335 e. The normalized spacial score (nSPS) is 11.9. The molecule has 1 aromatic heterocycles. The van der Waals surface area contributed by atoms with Gasteiger partial charge in [0.15, 0.2) is 18.5 Å². The minimum Gasteiger partial charge on any atom is -0.464 e. The number of aliphatic hydroxyl groups is 1. The smallest absolute Gasteiger partial charge is 0.335 e. The fourth-order valence-electron chi connectivity index (χ4n) is 2.88. The molecule has 0 bridgehead atoms. The fourth-order valence-corrected chi connectivity index (χ4v) is 2.88. The predicted molar refractivity (Wildman–Crippen MR) is 101 cm³/mol. The molecule has 0 aliphatic rings. The molecule has 0 unspecified atom stereocenters. The summed E-state index contributed by atoms with van der Waals surface area (Å²) in [6, 6.07) is 15.6. The van der Waals surface area contributed by atoms with Gasteiger partial charge in [-0.2, -0.15) is 0 Å². The number of carbonyl (C=O) groups is 1. The second-order valence-corrected chi connectivity index (χ2v) is 6.61. The van der Waals surface area contributed by atoms with Crippen molar-refractivity contribution in [2.45, 2.75) is 57.6 Å². The van der Waals surface area contributed by atoms with E-state index in [0.29, 0.717) is 13.0 Å². The van der Waals surface area contributed by atoms with E-state index in [-0.39, 0.29) is 0 Å². The van der Waals surface area contributed by atoms with Crippen molar-refractivity contribution in [1.82, 2.24) is 0 Å². The number of benzene rings is 1. The molecule has 140 valence electrons. The molecule has 26 heavy (non-hydrogen) atoms. The summed E-state index contributed by atoms with van der Waals surface area (Å²) in [4.78, 5) is 11.8. The van der Waals surface area contributed by atoms with Gasteiger partial charge >= 0.3 is 5.97 Å². The Labute approximate surface area is 156 Å². The average molecular weight is 356 g/mol. The summed E-state index contributed by atoms with van der Waals surface area (Å²) in [6.45, 7) is 1.46. The van der Waals surface area contributed by atoms with Gasteiger partial charge in [0.1, 0.15) is 6.54 Å². The van der Waals surface area contributed by atoms with E-state index in [9.17, 15) is 9.90 Å². The van der Waals surface area contributed by atoms with Crippen LogP contribution in [0.5, 0.6) is 0 Å². The third kappa shape index (κ3) is 8.26. The van der Waals surface area contributed by atoms with E-state index in [2.05, 4.69) is 29.1 Å². The number of pyridine rings is 1. The molecule has 0 saturated heterocycles. The molecule has 1 N–H and O–H groups in total. The number of ether oxygens (including phenoxy) is 1. The monoisotopic (exact) mass is 356 g/mol. The van der Waals surface area contributed by atoms with Crippen LogP contribution in [-0.2, 0) is 22.5 Å². The number of esters is 1. The Hall–Kier alpha value is -2.20. The lowest BCUT2D eigenvalue weighted by atomic mass is 10.1. The summed E-state index contributed by atoms with van der Waals surface area (Å²) in [7, 11) is 0. The van der Waals surface area contributed by atoms with Crippen LogP contribution in [0.25, 0.3) is 0 Å². The minimum atomic E-state index is -1.08. The van der Waals surface area contributed by atoms with E-state index < -0.39 is 12.1 Å². The Balaban J connectivity index is 1.44. The Morgan fingerprint density at radius 2 is 1.50 bits per heavy atom. The molecule has 1 atom stereocenters. The second-order valence-electron chi connectivity index (χ2n) is 6.61. The number of aliphatic hydroxyl groups excluding tert-OH is 1. The highest BCUT2D eigenvalue weighted by Crippen LogP contribution is 2.07. The zero-order valence-electron chi connectivity index (χ0n) is 15.4. The van der Waals surface area contributed by atoms with Crippen LogP contribution >= 0.6 is 0 Å². The van der Waals surface area contributed by atoms with Gasteiger partial charge < -0.3 is 9.84 Å². The van der Waals surface area contributed by atoms with E-state index in [4.69, 9.17) is 4.74 Å². The molecule has 2 rings (SSSR count). The molecule has 0 saturated carbocycles.